The molecule has 1 heterocycles. The highest BCUT2D eigenvalue weighted by molar-refractivity contribution is 6.13. The Kier molecular flexibility index (Phi) is 4.76. The first kappa shape index (κ1) is 16.8. The molecule has 1 unspecified atom stereocenters. The van der Waals surface area contributed by atoms with Crippen molar-refractivity contribution in [3.8, 4) is 0 Å². The molecule has 0 radical (unpaired) electrons. The molecule has 130 valence electrons. The SMILES string of the molecule is CN(C)c1ccc(NC(=O)C2(C(=O)NCC3CCCO3)CC2)cc1. The number of nitrogens with zero attached hydrogens (tertiary/aromatic N) is 1. The molecule has 2 fully saturated rings. The predicted molar refractivity (Wildman–Crippen MR) is 93.0 cm³/mol. The highest BCUT2D eigenvalue weighted by atomic mass is 16.5. The summed E-state index contributed by atoms with van der Waals surface area (Å²) in [6.07, 6.45) is 3.30. The van der Waals surface area contributed by atoms with Crippen LogP contribution in [0.25, 0.3) is 0 Å². The van der Waals surface area contributed by atoms with Crippen molar-refractivity contribution < 1.29 is 14.3 Å². The second-order valence-electron chi connectivity index (χ2n) is 6.82. The standard InChI is InChI=1S/C18H25N3O3/c1-21(2)14-7-5-13(6-8-14)20-17(23)18(9-10-18)16(22)19-12-15-4-3-11-24-15/h5-8,15H,3-4,9-12H2,1-2H3,(H,19,22)(H,20,23). The Morgan fingerprint density at radius 1 is 1.21 bits per heavy atom. The Hall–Kier alpha value is -2.08. The Morgan fingerprint density at radius 2 is 1.92 bits per heavy atom. The maximum absolute atomic E-state index is 12.5. The van der Waals surface area contributed by atoms with E-state index in [1.807, 2.05) is 43.3 Å². The van der Waals surface area contributed by atoms with E-state index in [0.717, 1.165) is 25.1 Å². The largest absolute Gasteiger partial charge is 0.378 e. The quantitative estimate of drug-likeness (QED) is 0.780. The fourth-order valence-corrected chi connectivity index (χ4v) is 2.96. The number of nitrogens with one attached hydrogen (secondary N) is 2. The van der Waals surface area contributed by atoms with Gasteiger partial charge in [-0.1, -0.05) is 0 Å². The maximum atomic E-state index is 12.5. The first-order valence-electron chi connectivity index (χ1n) is 8.50. The van der Waals surface area contributed by atoms with Gasteiger partial charge in [-0.3, -0.25) is 9.59 Å². The molecule has 0 spiro atoms. The third kappa shape index (κ3) is 3.53. The van der Waals surface area contributed by atoms with E-state index in [1.54, 1.807) is 0 Å². The van der Waals surface area contributed by atoms with E-state index < -0.39 is 5.41 Å². The maximum Gasteiger partial charge on any atom is 0.240 e. The van der Waals surface area contributed by atoms with Gasteiger partial charge >= 0.3 is 0 Å². The van der Waals surface area contributed by atoms with E-state index in [0.29, 0.717) is 25.1 Å². The molecule has 1 aromatic rings. The molecule has 3 rings (SSSR count). The van der Waals surface area contributed by atoms with Crippen LogP contribution < -0.4 is 15.5 Å². The monoisotopic (exact) mass is 331 g/mol. The van der Waals surface area contributed by atoms with E-state index in [2.05, 4.69) is 10.6 Å². The van der Waals surface area contributed by atoms with E-state index in [-0.39, 0.29) is 17.9 Å². The number of benzene rings is 1. The zero-order chi connectivity index (χ0) is 17.2. The average Bonchev–Trinajstić information content (AvgIpc) is 3.23. The lowest BCUT2D eigenvalue weighted by atomic mass is 10.0. The van der Waals surface area contributed by atoms with Crippen LogP contribution in [0.2, 0.25) is 0 Å². The Morgan fingerprint density at radius 3 is 2.46 bits per heavy atom. The van der Waals surface area contributed by atoms with Crippen molar-refractivity contribution >= 4 is 23.2 Å². The van der Waals surface area contributed by atoms with Crippen LogP contribution in [-0.2, 0) is 14.3 Å². The number of ether oxygens (including phenoxy) is 1. The molecule has 1 aromatic carbocycles. The fourth-order valence-electron chi connectivity index (χ4n) is 2.96. The Labute approximate surface area is 142 Å². The first-order valence-corrected chi connectivity index (χ1v) is 8.50. The summed E-state index contributed by atoms with van der Waals surface area (Å²) in [5, 5.41) is 5.76. The summed E-state index contributed by atoms with van der Waals surface area (Å²) in [6.45, 7) is 1.25. The molecular formula is C18H25N3O3. The summed E-state index contributed by atoms with van der Waals surface area (Å²) < 4.78 is 5.50. The van der Waals surface area contributed by atoms with E-state index in [1.165, 1.54) is 0 Å². The third-order valence-corrected chi connectivity index (χ3v) is 4.78. The minimum Gasteiger partial charge on any atom is -0.378 e. The van der Waals surface area contributed by atoms with Gasteiger partial charge in [-0.15, -0.1) is 0 Å². The minimum atomic E-state index is -0.904. The molecule has 24 heavy (non-hydrogen) atoms. The molecular weight excluding hydrogens is 306 g/mol. The van der Waals surface area contributed by atoms with Crippen molar-refractivity contribution in [2.24, 2.45) is 5.41 Å². The van der Waals surface area contributed by atoms with Gasteiger partial charge in [0.05, 0.1) is 6.10 Å². The topological polar surface area (TPSA) is 70.7 Å². The van der Waals surface area contributed by atoms with E-state index in [9.17, 15) is 9.59 Å². The smallest absolute Gasteiger partial charge is 0.240 e. The van der Waals surface area contributed by atoms with Crippen LogP contribution >= 0.6 is 0 Å². The van der Waals surface area contributed by atoms with Gasteiger partial charge in [-0.2, -0.15) is 0 Å². The van der Waals surface area contributed by atoms with E-state index >= 15 is 0 Å². The number of carbonyl (C=O) groups is 2. The molecule has 2 aliphatic rings. The summed E-state index contributed by atoms with van der Waals surface area (Å²) in [5.41, 5.74) is 0.867. The van der Waals surface area contributed by atoms with Gasteiger partial charge in [-0.05, 0) is 49.9 Å². The fraction of sp³-hybridized carbons (Fsp3) is 0.556. The first-order chi connectivity index (χ1) is 11.5. The van der Waals surface area contributed by atoms with Crippen molar-refractivity contribution in [2.45, 2.75) is 31.8 Å². The molecule has 6 nitrogen and oxygen atoms in total. The van der Waals surface area contributed by atoms with Gasteiger partial charge in [0.15, 0.2) is 0 Å². The Balaban J connectivity index is 1.55. The molecule has 0 aromatic heterocycles. The number of amides is 2. The summed E-state index contributed by atoms with van der Waals surface area (Å²) in [4.78, 5) is 27.0. The normalized spacial score (nSPS) is 21.2. The zero-order valence-corrected chi connectivity index (χ0v) is 14.3. The van der Waals surface area contributed by atoms with Gasteiger partial charge < -0.3 is 20.3 Å². The molecule has 1 aliphatic heterocycles. The van der Waals surface area contributed by atoms with Gasteiger partial charge in [0.1, 0.15) is 5.41 Å². The van der Waals surface area contributed by atoms with Gasteiger partial charge in [0.2, 0.25) is 11.8 Å². The number of carbonyl (C=O) groups excluding carboxylic acids is 2. The summed E-state index contributed by atoms with van der Waals surface area (Å²) in [7, 11) is 3.93. The van der Waals surface area contributed by atoms with Crippen LogP contribution in [0.15, 0.2) is 24.3 Å². The van der Waals surface area contributed by atoms with Crippen LogP contribution in [0.1, 0.15) is 25.7 Å². The van der Waals surface area contributed by atoms with E-state index in [4.69, 9.17) is 4.74 Å². The summed E-state index contributed by atoms with van der Waals surface area (Å²) in [6, 6.07) is 7.58. The summed E-state index contributed by atoms with van der Waals surface area (Å²) in [5.74, 6) is -0.398. The van der Waals surface area contributed by atoms with Crippen LogP contribution in [0.5, 0.6) is 0 Å². The molecule has 2 amide bonds. The third-order valence-electron chi connectivity index (χ3n) is 4.78. The molecule has 6 heteroatoms. The zero-order valence-electron chi connectivity index (χ0n) is 14.3. The second-order valence-corrected chi connectivity index (χ2v) is 6.82. The molecule has 1 saturated heterocycles. The lowest BCUT2D eigenvalue weighted by Gasteiger charge is -2.18. The van der Waals surface area contributed by atoms with Crippen molar-refractivity contribution in [3.63, 3.8) is 0 Å². The molecule has 0 bridgehead atoms. The van der Waals surface area contributed by atoms with Crippen LogP contribution in [0.4, 0.5) is 11.4 Å². The van der Waals surface area contributed by atoms with Crippen molar-refractivity contribution in [1.82, 2.24) is 5.32 Å². The highest BCUT2D eigenvalue weighted by Gasteiger charge is 2.56. The van der Waals surface area contributed by atoms with Crippen LogP contribution in [0, 0.1) is 5.41 Å². The summed E-state index contributed by atoms with van der Waals surface area (Å²) >= 11 is 0. The number of rotatable bonds is 6. The van der Waals surface area contributed by atoms with Crippen LogP contribution in [0.3, 0.4) is 0 Å². The number of hydrogen-bond donors (Lipinski definition) is 2. The van der Waals surface area contributed by atoms with Gasteiger partial charge in [-0.25, -0.2) is 0 Å². The minimum absolute atomic E-state index is 0.0892. The second kappa shape index (κ2) is 6.81. The molecule has 1 atom stereocenters. The van der Waals surface area contributed by atoms with Crippen molar-refractivity contribution in [2.75, 3.05) is 37.5 Å². The average molecular weight is 331 g/mol. The van der Waals surface area contributed by atoms with Gasteiger partial charge in [0, 0.05) is 38.6 Å². The van der Waals surface area contributed by atoms with Crippen molar-refractivity contribution in [1.29, 1.82) is 0 Å². The lowest BCUT2D eigenvalue weighted by molar-refractivity contribution is -0.134. The van der Waals surface area contributed by atoms with Crippen molar-refractivity contribution in [3.05, 3.63) is 24.3 Å². The predicted octanol–water partition coefficient (Wildman–Crippen LogP) is 1.77. The molecule has 1 aliphatic carbocycles. The lowest BCUT2D eigenvalue weighted by Crippen LogP contribution is -2.42. The molecule has 2 N–H and O–H groups in total. The highest BCUT2D eigenvalue weighted by Crippen LogP contribution is 2.46. The number of hydrogen-bond acceptors (Lipinski definition) is 4. The number of anilines is 2. The Bertz CT molecular complexity index is 602. The van der Waals surface area contributed by atoms with Crippen LogP contribution in [-0.4, -0.2) is 45.2 Å². The molecule has 1 saturated carbocycles. The van der Waals surface area contributed by atoms with Gasteiger partial charge in [0.25, 0.3) is 0 Å².